The van der Waals surface area contributed by atoms with Gasteiger partial charge in [-0.3, -0.25) is 0 Å². The van der Waals surface area contributed by atoms with Crippen LogP contribution in [-0.4, -0.2) is 30.1 Å². The Hall–Kier alpha value is -0.0800. The number of piperidine rings is 1. The third-order valence-corrected chi connectivity index (χ3v) is 2.54. The van der Waals surface area contributed by atoms with E-state index in [9.17, 15) is 0 Å². The van der Waals surface area contributed by atoms with E-state index in [0.29, 0.717) is 0 Å². The summed E-state index contributed by atoms with van der Waals surface area (Å²) in [4.78, 5) is 2.49. The van der Waals surface area contributed by atoms with Gasteiger partial charge in [0.2, 0.25) is 0 Å². The van der Waals surface area contributed by atoms with Crippen molar-refractivity contribution in [1.29, 1.82) is 0 Å². The van der Waals surface area contributed by atoms with Gasteiger partial charge in [0.1, 0.15) is 0 Å². The molecule has 0 atom stereocenters. The first-order valence-corrected chi connectivity index (χ1v) is 4.80. The summed E-state index contributed by atoms with van der Waals surface area (Å²) in [6.45, 7) is 10.0. The van der Waals surface area contributed by atoms with Gasteiger partial charge in [0.25, 0.3) is 0 Å². The summed E-state index contributed by atoms with van der Waals surface area (Å²) < 4.78 is 0. The lowest BCUT2D eigenvalue weighted by Crippen LogP contribution is -2.48. The molecule has 0 aliphatic carbocycles. The third-order valence-electron chi connectivity index (χ3n) is 2.54. The highest BCUT2D eigenvalue weighted by Crippen LogP contribution is 2.19. The van der Waals surface area contributed by atoms with Crippen molar-refractivity contribution in [3.05, 3.63) is 5.92 Å². The highest BCUT2D eigenvalue weighted by Gasteiger charge is 2.25. The molecule has 1 fully saturated rings. The average molecular weight is 169 g/mol. The van der Waals surface area contributed by atoms with Crippen molar-refractivity contribution in [2.24, 2.45) is 5.73 Å². The van der Waals surface area contributed by atoms with E-state index in [1.54, 1.807) is 0 Å². The largest absolute Gasteiger partial charge is 0.325 e. The van der Waals surface area contributed by atoms with Crippen LogP contribution in [0, 0.1) is 5.92 Å². The molecule has 1 rings (SSSR count). The topological polar surface area (TPSA) is 29.3 Å². The van der Waals surface area contributed by atoms with Gasteiger partial charge in [-0.05, 0) is 38.8 Å². The van der Waals surface area contributed by atoms with Crippen LogP contribution in [0.1, 0.15) is 33.6 Å². The van der Waals surface area contributed by atoms with Crippen molar-refractivity contribution in [3.8, 4) is 0 Å². The highest BCUT2D eigenvalue weighted by atomic mass is 15.1. The number of likely N-dealkylation sites (tertiary alicyclic amines) is 1. The van der Waals surface area contributed by atoms with Crippen LogP contribution in [0.25, 0.3) is 0 Å². The van der Waals surface area contributed by atoms with Gasteiger partial charge in [-0.2, -0.15) is 0 Å². The number of nitrogens with zero attached hydrogens (tertiary/aromatic N) is 1. The summed E-state index contributed by atoms with van der Waals surface area (Å²) >= 11 is 0. The van der Waals surface area contributed by atoms with Gasteiger partial charge in [-0.15, -0.1) is 0 Å². The maximum absolute atomic E-state index is 6.04. The molecule has 1 radical (unpaired) electrons. The molecule has 71 valence electrons. The zero-order valence-corrected chi connectivity index (χ0v) is 8.56. The number of nitrogens with two attached hydrogens (primary N) is 1. The summed E-state index contributed by atoms with van der Waals surface area (Å²) in [6.07, 6.45) is 2.28. The van der Waals surface area contributed by atoms with E-state index in [0.717, 1.165) is 32.5 Å². The van der Waals surface area contributed by atoms with Crippen LogP contribution in [0.2, 0.25) is 0 Å². The van der Waals surface area contributed by atoms with E-state index >= 15 is 0 Å². The molecule has 0 bridgehead atoms. The molecular formula is C10H21N2. The Morgan fingerprint density at radius 2 is 1.83 bits per heavy atom. The number of hydrogen-bond donors (Lipinski definition) is 1. The minimum atomic E-state index is 0.0954. The van der Waals surface area contributed by atoms with Gasteiger partial charge >= 0.3 is 0 Å². The normalized spacial score (nSPS) is 24.8. The van der Waals surface area contributed by atoms with Crippen LogP contribution >= 0.6 is 0 Å². The van der Waals surface area contributed by atoms with E-state index < -0.39 is 0 Å². The molecule has 0 aromatic rings. The van der Waals surface area contributed by atoms with Crippen LogP contribution in [0.4, 0.5) is 0 Å². The smallest absolute Gasteiger partial charge is 0.0150 e. The lowest BCUT2D eigenvalue weighted by atomic mass is 9.91. The Kier molecular flexibility index (Phi) is 3.13. The van der Waals surface area contributed by atoms with Crippen LogP contribution in [-0.2, 0) is 0 Å². The van der Waals surface area contributed by atoms with Crippen molar-refractivity contribution in [2.75, 3.05) is 19.6 Å². The first kappa shape index (κ1) is 10.0. The second-order valence-corrected chi connectivity index (χ2v) is 4.64. The Labute approximate surface area is 76.1 Å². The molecule has 1 aliphatic heterocycles. The van der Waals surface area contributed by atoms with Gasteiger partial charge in [-0.25, -0.2) is 0 Å². The summed E-state index contributed by atoms with van der Waals surface area (Å²) in [5.74, 6) is 1.50. The molecule has 0 amide bonds. The lowest BCUT2D eigenvalue weighted by Gasteiger charge is -2.37. The molecule has 2 nitrogen and oxygen atoms in total. The molecule has 0 spiro atoms. The fourth-order valence-corrected chi connectivity index (χ4v) is 1.67. The first-order valence-electron chi connectivity index (χ1n) is 4.80. The summed E-state index contributed by atoms with van der Waals surface area (Å²) in [5, 5.41) is 0. The SMILES string of the molecule is C[C](C)CN1CCC(C)(N)CC1. The van der Waals surface area contributed by atoms with Crippen molar-refractivity contribution < 1.29 is 0 Å². The molecule has 2 N–H and O–H groups in total. The van der Waals surface area contributed by atoms with E-state index in [2.05, 4.69) is 25.7 Å². The predicted octanol–water partition coefficient (Wildman–Crippen LogP) is 1.41. The maximum Gasteiger partial charge on any atom is 0.0150 e. The Bertz CT molecular complexity index is 131. The fraction of sp³-hybridized carbons (Fsp3) is 0.900. The Morgan fingerprint density at radius 3 is 2.25 bits per heavy atom. The zero-order chi connectivity index (χ0) is 9.19. The van der Waals surface area contributed by atoms with Crippen LogP contribution < -0.4 is 5.73 Å². The van der Waals surface area contributed by atoms with Crippen molar-refractivity contribution in [3.63, 3.8) is 0 Å². The monoisotopic (exact) mass is 169 g/mol. The molecule has 0 aromatic heterocycles. The standard InChI is InChI=1S/C10H21N2/c1-9(2)8-12-6-4-10(3,11)5-7-12/h4-8,11H2,1-3H3. The molecule has 0 aromatic carbocycles. The first-order chi connectivity index (χ1) is 5.49. The quantitative estimate of drug-likeness (QED) is 0.677. The van der Waals surface area contributed by atoms with Gasteiger partial charge in [-0.1, -0.05) is 13.8 Å². The number of rotatable bonds is 2. The van der Waals surface area contributed by atoms with Gasteiger partial charge < -0.3 is 10.6 Å². The maximum atomic E-state index is 6.04. The van der Waals surface area contributed by atoms with E-state index in [-0.39, 0.29) is 5.54 Å². The van der Waals surface area contributed by atoms with Crippen molar-refractivity contribution in [1.82, 2.24) is 4.90 Å². The van der Waals surface area contributed by atoms with Crippen LogP contribution in [0.5, 0.6) is 0 Å². The van der Waals surface area contributed by atoms with Crippen LogP contribution in [0.3, 0.4) is 0 Å². The minimum absolute atomic E-state index is 0.0954. The number of hydrogen-bond acceptors (Lipinski definition) is 2. The Morgan fingerprint density at radius 1 is 1.33 bits per heavy atom. The average Bonchev–Trinajstić information content (AvgIpc) is 1.93. The van der Waals surface area contributed by atoms with E-state index in [1.807, 2.05) is 0 Å². The zero-order valence-electron chi connectivity index (χ0n) is 8.56. The summed E-state index contributed by atoms with van der Waals surface area (Å²) in [5.41, 5.74) is 6.13. The molecule has 12 heavy (non-hydrogen) atoms. The Balaban J connectivity index is 2.27. The molecule has 1 heterocycles. The highest BCUT2D eigenvalue weighted by molar-refractivity contribution is 4.90. The second-order valence-electron chi connectivity index (χ2n) is 4.64. The molecule has 2 heteroatoms. The van der Waals surface area contributed by atoms with Crippen molar-refractivity contribution in [2.45, 2.75) is 39.2 Å². The summed E-state index contributed by atoms with van der Waals surface area (Å²) in [6, 6.07) is 0. The fourth-order valence-electron chi connectivity index (χ4n) is 1.67. The van der Waals surface area contributed by atoms with Crippen LogP contribution in [0.15, 0.2) is 0 Å². The third kappa shape index (κ3) is 3.11. The van der Waals surface area contributed by atoms with Gasteiger partial charge in [0, 0.05) is 12.1 Å². The molecule has 0 unspecified atom stereocenters. The lowest BCUT2D eigenvalue weighted by molar-refractivity contribution is 0.177. The van der Waals surface area contributed by atoms with Crippen molar-refractivity contribution >= 4 is 0 Å². The van der Waals surface area contributed by atoms with E-state index in [4.69, 9.17) is 5.73 Å². The van der Waals surface area contributed by atoms with Gasteiger partial charge in [0.15, 0.2) is 0 Å². The predicted molar refractivity (Wildman–Crippen MR) is 52.9 cm³/mol. The molecular weight excluding hydrogens is 148 g/mol. The molecule has 1 saturated heterocycles. The second kappa shape index (κ2) is 3.75. The molecule has 1 aliphatic rings. The van der Waals surface area contributed by atoms with E-state index in [1.165, 1.54) is 5.92 Å². The molecule has 0 saturated carbocycles. The van der Waals surface area contributed by atoms with Gasteiger partial charge in [0.05, 0.1) is 0 Å². The minimum Gasteiger partial charge on any atom is -0.325 e. The summed E-state index contributed by atoms with van der Waals surface area (Å²) in [7, 11) is 0.